The van der Waals surface area contributed by atoms with E-state index in [0.29, 0.717) is 44.0 Å². The van der Waals surface area contributed by atoms with Crippen molar-refractivity contribution in [1.82, 2.24) is 19.6 Å². The van der Waals surface area contributed by atoms with E-state index in [-0.39, 0.29) is 17.9 Å². The second kappa shape index (κ2) is 9.19. The highest BCUT2D eigenvalue weighted by atomic mass is 16.5. The largest absolute Gasteiger partial charge is 0.368 e. The fourth-order valence-corrected chi connectivity index (χ4v) is 4.45. The Labute approximate surface area is 193 Å². The predicted octanol–water partition coefficient (Wildman–Crippen LogP) is 3.31. The van der Waals surface area contributed by atoms with Gasteiger partial charge >= 0.3 is 0 Å². The molecule has 1 unspecified atom stereocenters. The third-order valence-corrected chi connectivity index (χ3v) is 6.37. The van der Waals surface area contributed by atoms with Crippen LogP contribution in [0.5, 0.6) is 0 Å². The van der Waals surface area contributed by atoms with Crippen molar-refractivity contribution < 1.29 is 14.3 Å². The lowest BCUT2D eigenvalue weighted by molar-refractivity contribution is -0.142. The van der Waals surface area contributed by atoms with E-state index in [2.05, 4.69) is 0 Å². The van der Waals surface area contributed by atoms with Crippen LogP contribution in [0.15, 0.2) is 60.8 Å². The molecule has 2 fully saturated rings. The molecule has 0 saturated carbocycles. The highest BCUT2D eigenvalue weighted by Gasteiger charge is 2.32. The lowest BCUT2D eigenvalue weighted by Gasteiger charge is -2.35. The van der Waals surface area contributed by atoms with Crippen molar-refractivity contribution in [3.05, 3.63) is 71.9 Å². The highest BCUT2D eigenvalue weighted by Crippen LogP contribution is 2.26. The minimum atomic E-state index is -0.315. The Kier molecular flexibility index (Phi) is 5.96. The van der Waals surface area contributed by atoms with E-state index in [1.54, 1.807) is 4.68 Å². The maximum atomic E-state index is 13.6. The number of aromatic nitrogens is 2. The highest BCUT2D eigenvalue weighted by molar-refractivity contribution is 6.00. The SMILES string of the molecule is Cc1ccc(-n2cc(C(=O)N3CCN(C(=O)C4CCCO4)CC3)c(-c3ccccc3)n2)cc1. The minimum Gasteiger partial charge on any atom is -0.368 e. The number of amides is 2. The number of ether oxygens (including phenoxy) is 1. The molecule has 2 amide bonds. The summed E-state index contributed by atoms with van der Waals surface area (Å²) in [6.07, 6.45) is 3.22. The number of carbonyl (C=O) groups is 2. The number of aryl methyl sites for hydroxylation is 1. The van der Waals surface area contributed by atoms with E-state index in [1.807, 2.05) is 77.5 Å². The fourth-order valence-electron chi connectivity index (χ4n) is 4.45. The van der Waals surface area contributed by atoms with Gasteiger partial charge in [-0.1, -0.05) is 48.0 Å². The number of hydrogen-bond acceptors (Lipinski definition) is 4. The molecule has 0 radical (unpaired) electrons. The Morgan fingerprint density at radius 1 is 0.939 bits per heavy atom. The molecule has 33 heavy (non-hydrogen) atoms. The van der Waals surface area contributed by atoms with Gasteiger partial charge < -0.3 is 14.5 Å². The molecule has 2 aliphatic heterocycles. The molecule has 3 aromatic rings. The van der Waals surface area contributed by atoms with Crippen LogP contribution in [0.3, 0.4) is 0 Å². The number of piperazine rings is 1. The molecule has 0 N–H and O–H groups in total. The monoisotopic (exact) mass is 444 g/mol. The second-order valence-electron chi connectivity index (χ2n) is 8.66. The summed E-state index contributed by atoms with van der Waals surface area (Å²) in [5.74, 6) is -0.00630. The lowest BCUT2D eigenvalue weighted by atomic mass is 10.1. The number of hydrogen-bond donors (Lipinski definition) is 0. The molecule has 2 aliphatic rings. The van der Waals surface area contributed by atoms with Crippen LogP contribution in [-0.2, 0) is 9.53 Å². The first-order chi connectivity index (χ1) is 16.1. The number of carbonyl (C=O) groups excluding carboxylic acids is 2. The maximum Gasteiger partial charge on any atom is 0.257 e. The minimum absolute atomic E-state index is 0.0526. The van der Waals surface area contributed by atoms with E-state index >= 15 is 0 Å². The van der Waals surface area contributed by atoms with Crippen LogP contribution < -0.4 is 0 Å². The fraction of sp³-hybridized carbons (Fsp3) is 0.346. The van der Waals surface area contributed by atoms with Crippen molar-refractivity contribution >= 4 is 11.8 Å². The van der Waals surface area contributed by atoms with Crippen LogP contribution >= 0.6 is 0 Å². The summed E-state index contributed by atoms with van der Waals surface area (Å²) in [6.45, 7) is 4.75. The first-order valence-corrected chi connectivity index (χ1v) is 11.5. The van der Waals surface area contributed by atoms with Gasteiger partial charge in [0.05, 0.1) is 11.3 Å². The van der Waals surface area contributed by atoms with Crippen molar-refractivity contribution in [3.63, 3.8) is 0 Å². The summed E-state index contributed by atoms with van der Waals surface area (Å²) in [5, 5.41) is 4.78. The average Bonchev–Trinajstić information content (AvgIpc) is 3.55. The van der Waals surface area contributed by atoms with Crippen molar-refractivity contribution in [2.75, 3.05) is 32.8 Å². The standard InChI is InChI=1S/C26H28N4O3/c1-19-9-11-21(12-10-19)30-18-22(24(27-30)20-6-3-2-4-7-20)25(31)28-13-15-29(16-14-28)26(32)23-8-5-17-33-23/h2-4,6-7,9-12,18,23H,5,8,13-17H2,1H3. The van der Waals surface area contributed by atoms with Gasteiger partial charge in [0, 0.05) is 44.5 Å². The van der Waals surface area contributed by atoms with E-state index in [1.165, 1.54) is 5.56 Å². The molecule has 0 aliphatic carbocycles. The molecule has 1 atom stereocenters. The quantitative estimate of drug-likeness (QED) is 0.619. The van der Waals surface area contributed by atoms with E-state index in [9.17, 15) is 9.59 Å². The van der Waals surface area contributed by atoms with E-state index in [4.69, 9.17) is 9.84 Å². The number of benzene rings is 2. The number of rotatable bonds is 4. The van der Waals surface area contributed by atoms with Crippen molar-refractivity contribution in [2.45, 2.75) is 25.9 Å². The normalized spacial score (nSPS) is 18.5. The summed E-state index contributed by atoms with van der Waals surface area (Å²) in [5.41, 5.74) is 4.21. The van der Waals surface area contributed by atoms with Gasteiger partial charge in [-0.2, -0.15) is 5.10 Å². The Hall–Kier alpha value is -3.45. The molecule has 7 nitrogen and oxygen atoms in total. The second-order valence-corrected chi connectivity index (χ2v) is 8.66. The molecule has 0 bridgehead atoms. The zero-order valence-corrected chi connectivity index (χ0v) is 18.8. The summed E-state index contributed by atoms with van der Waals surface area (Å²) in [6, 6.07) is 17.9. The molecule has 2 saturated heterocycles. The Balaban J connectivity index is 1.38. The zero-order valence-electron chi connectivity index (χ0n) is 18.8. The number of nitrogens with zero attached hydrogens (tertiary/aromatic N) is 4. The third kappa shape index (κ3) is 4.41. The van der Waals surface area contributed by atoms with Gasteiger partial charge in [0.1, 0.15) is 11.8 Å². The zero-order chi connectivity index (χ0) is 22.8. The van der Waals surface area contributed by atoms with Crippen LogP contribution in [0.1, 0.15) is 28.8 Å². The predicted molar refractivity (Wildman–Crippen MR) is 125 cm³/mol. The molecule has 2 aromatic carbocycles. The van der Waals surface area contributed by atoms with Crippen LogP contribution in [-0.4, -0.2) is 70.3 Å². The van der Waals surface area contributed by atoms with Crippen molar-refractivity contribution in [2.24, 2.45) is 0 Å². The van der Waals surface area contributed by atoms with Gasteiger partial charge in [-0.25, -0.2) is 4.68 Å². The van der Waals surface area contributed by atoms with Gasteiger partial charge in [-0.15, -0.1) is 0 Å². The van der Waals surface area contributed by atoms with Crippen LogP contribution in [0.4, 0.5) is 0 Å². The van der Waals surface area contributed by atoms with Crippen LogP contribution in [0.2, 0.25) is 0 Å². The van der Waals surface area contributed by atoms with Gasteiger partial charge in [-0.3, -0.25) is 9.59 Å². The summed E-state index contributed by atoms with van der Waals surface area (Å²) in [7, 11) is 0. The molecule has 3 heterocycles. The topological polar surface area (TPSA) is 67.7 Å². The first-order valence-electron chi connectivity index (χ1n) is 11.5. The average molecular weight is 445 g/mol. The summed E-state index contributed by atoms with van der Waals surface area (Å²) in [4.78, 5) is 29.9. The molecule has 5 rings (SSSR count). The van der Waals surface area contributed by atoms with Gasteiger partial charge in [0.15, 0.2) is 0 Å². The van der Waals surface area contributed by atoms with E-state index in [0.717, 1.165) is 24.1 Å². The Bertz CT molecular complexity index is 1130. The van der Waals surface area contributed by atoms with Gasteiger partial charge in [0.2, 0.25) is 0 Å². The van der Waals surface area contributed by atoms with Crippen molar-refractivity contribution in [3.8, 4) is 16.9 Å². The molecule has 7 heteroatoms. The van der Waals surface area contributed by atoms with Crippen LogP contribution in [0, 0.1) is 6.92 Å². The summed E-state index contributed by atoms with van der Waals surface area (Å²) < 4.78 is 7.32. The maximum absolute atomic E-state index is 13.6. The third-order valence-electron chi connectivity index (χ3n) is 6.37. The van der Waals surface area contributed by atoms with Gasteiger partial charge in [0.25, 0.3) is 11.8 Å². The smallest absolute Gasteiger partial charge is 0.257 e. The molecule has 0 spiro atoms. The molecule has 1 aromatic heterocycles. The Morgan fingerprint density at radius 3 is 2.30 bits per heavy atom. The van der Waals surface area contributed by atoms with Gasteiger partial charge in [-0.05, 0) is 31.9 Å². The lowest BCUT2D eigenvalue weighted by Crippen LogP contribution is -2.52. The van der Waals surface area contributed by atoms with Crippen LogP contribution in [0.25, 0.3) is 16.9 Å². The first kappa shape index (κ1) is 21.4. The summed E-state index contributed by atoms with van der Waals surface area (Å²) >= 11 is 0. The molecule has 170 valence electrons. The molecular formula is C26H28N4O3. The van der Waals surface area contributed by atoms with Crippen molar-refractivity contribution in [1.29, 1.82) is 0 Å². The molecular weight excluding hydrogens is 416 g/mol. The Morgan fingerprint density at radius 2 is 1.64 bits per heavy atom. The van der Waals surface area contributed by atoms with E-state index < -0.39 is 0 Å².